The van der Waals surface area contributed by atoms with Gasteiger partial charge in [0.2, 0.25) is 5.91 Å². The van der Waals surface area contributed by atoms with Crippen molar-refractivity contribution in [3.63, 3.8) is 0 Å². The fraction of sp³-hybridized carbons (Fsp3) is 0.762. The molecule has 0 heterocycles. The molecule has 0 aromatic rings. The van der Waals surface area contributed by atoms with E-state index in [-0.39, 0.29) is 53.9 Å². The number of nitrogens with one attached hydrogen (secondary N) is 2. The van der Waals surface area contributed by atoms with Crippen molar-refractivity contribution in [2.75, 3.05) is 6.54 Å². The SMILES string of the molecule is CC(C)C(=O)CC(=O)C[C@H](C(=O)N[C@@H](CCCNC(N)=O)C(=O)C(C)C)C(C)C. The molecular weight excluding hydrogens is 374 g/mol. The van der Waals surface area contributed by atoms with Crippen molar-refractivity contribution in [3.8, 4) is 0 Å². The predicted octanol–water partition coefficient (Wildman–Crippen LogP) is 1.99. The van der Waals surface area contributed by atoms with Crippen LogP contribution in [0.1, 0.15) is 67.2 Å². The molecule has 166 valence electrons. The van der Waals surface area contributed by atoms with Crippen molar-refractivity contribution >= 4 is 29.3 Å². The lowest BCUT2D eigenvalue weighted by Gasteiger charge is -2.25. The number of hydrogen-bond donors (Lipinski definition) is 3. The summed E-state index contributed by atoms with van der Waals surface area (Å²) in [6.45, 7) is 10.9. The molecule has 0 aliphatic heterocycles. The maximum Gasteiger partial charge on any atom is 0.312 e. The maximum absolute atomic E-state index is 12.8. The Kier molecular flexibility index (Phi) is 12.0. The fourth-order valence-electron chi connectivity index (χ4n) is 2.83. The summed E-state index contributed by atoms with van der Waals surface area (Å²) in [5, 5.41) is 5.23. The van der Waals surface area contributed by atoms with Crippen molar-refractivity contribution in [3.05, 3.63) is 0 Å². The Hall–Kier alpha value is -2.25. The lowest BCUT2D eigenvalue weighted by molar-refractivity contribution is -0.135. The quantitative estimate of drug-likeness (QED) is 0.297. The lowest BCUT2D eigenvalue weighted by atomic mass is 9.87. The van der Waals surface area contributed by atoms with Gasteiger partial charge in [-0.25, -0.2) is 4.79 Å². The molecule has 3 amide bonds. The summed E-state index contributed by atoms with van der Waals surface area (Å²) >= 11 is 0. The normalized spacial score (nSPS) is 13.3. The van der Waals surface area contributed by atoms with Crippen LogP contribution in [0.3, 0.4) is 0 Å². The van der Waals surface area contributed by atoms with Gasteiger partial charge >= 0.3 is 6.03 Å². The van der Waals surface area contributed by atoms with Gasteiger partial charge in [-0.05, 0) is 18.8 Å². The molecule has 0 saturated heterocycles. The van der Waals surface area contributed by atoms with Crippen molar-refractivity contribution in [2.45, 2.75) is 73.3 Å². The molecule has 0 aromatic heterocycles. The third-order valence-electron chi connectivity index (χ3n) is 4.80. The van der Waals surface area contributed by atoms with E-state index in [4.69, 9.17) is 5.73 Å². The predicted molar refractivity (Wildman–Crippen MR) is 111 cm³/mol. The molecule has 4 N–H and O–H groups in total. The molecule has 0 aromatic carbocycles. The van der Waals surface area contributed by atoms with E-state index in [2.05, 4.69) is 10.6 Å². The van der Waals surface area contributed by atoms with Gasteiger partial charge in [0.25, 0.3) is 0 Å². The number of Topliss-reactive ketones (excluding diaryl/α,β-unsaturated/α-hetero) is 3. The van der Waals surface area contributed by atoms with Crippen LogP contribution in [-0.2, 0) is 19.2 Å². The number of rotatable bonds is 14. The van der Waals surface area contributed by atoms with E-state index >= 15 is 0 Å². The zero-order valence-electron chi connectivity index (χ0n) is 18.5. The number of carbonyl (C=O) groups is 5. The van der Waals surface area contributed by atoms with E-state index < -0.39 is 18.0 Å². The van der Waals surface area contributed by atoms with Crippen LogP contribution >= 0.6 is 0 Å². The maximum atomic E-state index is 12.8. The van der Waals surface area contributed by atoms with Gasteiger partial charge in [0.1, 0.15) is 11.6 Å². The minimum Gasteiger partial charge on any atom is -0.352 e. The summed E-state index contributed by atoms with van der Waals surface area (Å²) in [6.07, 6.45) is 0.614. The van der Waals surface area contributed by atoms with E-state index in [1.165, 1.54) is 0 Å². The molecule has 0 aliphatic carbocycles. The van der Waals surface area contributed by atoms with Crippen LogP contribution in [0.15, 0.2) is 0 Å². The molecule has 0 unspecified atom stereocenters. The second-order valence-corrected chi connectivity index (χ2v) is 8.44. The zero-order chi connectivity index (χ0) is 22.7. The van der Waals surface area contributed by atoms with Gasteiger partial charge < -0.3 is 16.4 Å². The summed E-state index contributed by atoms with van der Waals surface area (Å²) in [5.74, 6) is -2.14. The van der Waals surface area contributed by atoms with E-state index in [0.29, 0.717) is 19.4 Å². The first-order valence-corrected chi connectivity index (χ1v) is 10.3. The highest BCUT2D eigenvalue weighted by Gasteiger charge is 2.30. The minimum absolute atomic E-state index is 0.0339. The summed E-state index contributed by atoms with van der Waals surface area (Å²) in [5.41, 5.74) is 5.03. The molecule has 0 saturated carbocycles. The Morgan fingerprint density at radius 2 is 1.48 bits per heavy atom. The molecule has 0 radical (unpaired) electrons. The van der Waals surface area contributed by atoms with Crippen LogP contribution in [0.4, 0.5) is 4.79 Å². The summed E-state index contributed by atoms with van der Waals surface area (Å²) in [4.78, 5) is 60.2. The lowest BCUT2D eigenvalue weighted by Crippen LogP contribution is -2.47. The van der Waals surface area contributed by atoms with Crippen molar-refractivity contribution in [1.82, 2.24) is 10.6 Å². The molecule has 0 fully saturated rings. The Labute approximate surface area is 173 Å². The van der Waals surface area contributed by atoms with Gasteiger partial charge in [0.15, 0.2) is 5.78 Å². The number of urea groups is 1. The Morgan fingerprint density at radius 3 is 1.93 bits per heavy atom. The van der Waals surface area contributed by atoms with Gasteiger partial charge in [-0.2, -0.15) is 0 Å². The number of carbonyl (C=O) groups excluding carboxylic acids is 5. The van der Waals surface area contributed by atoms with Gasteiger partial charge in [-0.3, -0.25) is 19.2 Å². The molecule has 0 spiro atoms. The summed E-state index contributed by atoms with van der Waals surface area (Å²) in [6, 6.07) is -1.35. The third-order valence-corrected chi connectivity index (χ3v) is 4.80. The molecule has 8 nitrogen and oxygen atoms in total. The average Bonchev–Trinajstić information content (AvgIpc) is 2.60. The van der Waals surface area contributed by atoms with Gasteiger partial charge in [0, 0.05) is 30.7 Å². The van der Waals surface area contributed by atoms with Crippen LogP contribution < -0.4 is 16.4 Å². The topological polar surface area (TPSA) is 135 Å². The number of primary amides is 1. The number of amides is 3. The first kappa shape index (κ1) is 26.8. The average molecular weight is 412 g/mol. The molecule has 29 heavy (non-hydrogen) atoms. The van der Waals surface area contributed by atoms with Gasteiger partial charge in [0.05, 0.1) is 12.5 Å². The first-order chi connectivity index (χ1) is 13.4. The number of hydrogen-bond acceptors (Lipinski definition) is 5. The monoisotopic (exact) mass is 411 g/mol. The molecule has 0 rings (SSSR count). The number of ketones is 3. The smallest absolute Gasteiger partial charge is 0.312 e. The standard InChI is InChI=1S/C21H37N3O5/c1-12(2)16(10-15(25)11-18(26)13(3)4)20(28)24-17(19(27)14(5)6)8-7-9-23-21(22)29/h12-14,16-17H,7-11H2,1-6H3,(H,24,28)(H3,22,23,29)/t16-,17-/m0/s1. The second-order valence-electron chi connectivity index (χ2n) is 8.44. The molecule has 8 heteroatoms. The Morgan fingerprint density at radius 1 is 0.897 bits per heavy atom. The van der Waals surface area contributed by atoms with E-state index in [9.17, 15) is 24.0 Å². The van der Waals surface area contributed by atoms with Gasteiger partial charge in [-0.15, -0.1) is 0 Å². The highest BCUT2D eigenvalue weighted by Crippen LogP contribution is 2.19. The number of nitrogens with two attached hydrogens (primary N) is 1. The Balaban J connectivity index is 5.08. The van der Waals surface area contributed by atoms with Crippen LogP contribution in [0.5, 0.6) is 0 Å². The molecule has 2 atom stereocenters. The van der Waals surface area contributed by atoms with Crippen LogP contribution in [0.25, 0.3) is 0 Å². The van der Waals surface area contributed by atoms with E-state index in [1.807, 2.05) is 13.8 Å². The second kappa shape index (κ2) is 13.1. The molecular formula is C21H37N3O5. The highest BCUT2D eigenvalue weighted by molar-refractivity contribution is 6.01. The fourth-order valence-corrected chi connectivity index (χ4v) is 2.83. The zero-order valence-corrected chi connectivity index (χ0v) is 18.5. The van der Waals surface area contributed by atoms with Crippen molar-refractivity contribution in [2.24, 2.45) is 29.4 Å². The van der Waals surface area contributed by atoms with E-state index in [0.717, 1.165) is 0 Å². The third kappa shape index (κ3) is 10.8. The van der Waals surface area contributed by atoms with Crippen molar-refractivity contribution in [1.29, 1.82) is 0 Å². The van der Waals surface area contributed by atoms with Crippen LogP contribution in [0, 0.1) is 23.7 Å². The van der Waals surface area contributed by atoms with Gasteiger partial charge in [-0.1, -0.05) is 41.5 Å². The highest BCUT2D eigenvalue weighted by atomic mass is 16.2. The first-order valence-electron chi connectivity index (χ1n) is 10.3. The van der Waals surface area contributed by atoms with E-state index in [1.54, 1.807) is 27.7 Å². The largest absolute Gasteiger partial charge is 0.352 e. The van der Waals surface area contributed by atoms with Crippen LogP contribution in [0.2, 0.25) is 0 Å². The molecule has 0 bridgehead atoms. The minimum atomic E-state index is -0.703. The van der Waals surface area contributed by atoms with Crippen LogP contribution in [-0.4, -0.2) is 41.9 Å². The Bertz CT molecular complexity index is 599. The van der Waals surface area contributed by atoms with Crippen molar-refractivity contribution < 1.29 is 24.0 Å². The summed E-state index contributed by atoms with van der Waals surface area (Å²) < 4.78 is 0. The molecule has 0 aliphatic rings. The summed E-state index contributed by atoms with van der Waals surface area (Å²) in [7, 11) is 0.